The van der Waals surface area contributed by atoms with Gasteiger partial charge in [0.05, 0.1) is 11.9 Å². The fourth-order valence-electron chi connectivity index (χ4n) is 2.30. The van der Waals surface area contributed by atoms with Crippen molar-refractivity contribution in [3.8, 4) is 5.82 Å². The molecule has 0 unspecified atom stereocenters. The van der Waals surface area contributed by atoms with E-state index in [0.29, 0.717) is 11.6 Å². The summed E-state index contributed by atoms with van der Waals surface area (Å²) in [5.41, 5.74) is 5.92. The van der Waals surface area contributed by atoms with E-state index in [1.165, 1.54) is 0 Å². The number of halogens is 1. The van der Waals surface area contributed by atoms with Crippen LogP contribution in [0.3, 0.4) is 0 Å². The zero-order chi connectivity index (χ0) is 17.1. The fraction of sp³-hybridized carbons (Fsp3) is 0.176. The fourth-order valence-corrected chi connectivity index (χ4v) is 2.56. The lowest BCUT2D eigenvalue weighted by atomic mass is 10.2. The van der Waals surface area contributed by atoms with Crippen LogP contribution in [0.15, 0.2) is 46.0 Å². The maximum Gasteiger partial charge on any atom is 0.159 e. The Morgan fingerprint density at radius 2 is 1.83 bits per heavy atom. The average molecular weight is 385 g/mol. The third kappa shape index (κ3) is 3.86. The molecule has 3 rings (SSSR count). The molecule has 0 bridgehead atoms. The van der Waals surface area contributed by atoms with Gasteiger partial charge in [-0.1, -0.05) is 28.1 Å². The highest BCUT2D eigenvalue weighted by Crippen LogP contribution is 2.14. The van der Waals surface area contributed by atoms with Crippen LogP contribution in [0.4, 0.5) is 5.82 Å². The van der Waals surface area contributed by atoms with Crippen molar-refractivity contribution in [2.24, 2.45) is 5.10 Å². The maximum atomic E-state index is 4.45. The molecule has 3 aromatic rings. The van der Waals surface area contributed by atoms with Gasteiger partial charge >= 0.3 is 0 Å². The highest BCUT2D eigenvalue weighted by molar-refractivity contribution is 9.10. The maximum absolute atomic E-state index is 4.45. The van der Waals surface area contributed by atoms with Gasteiger partial charge in [-0.15, -0.1) is 0 Å². The third-order valence-electron chi connectivity index (χ3n) is 3.31. The molecular formula is C17H17BrN6. The Morgan fingerprint density at radius 1 is 1.08 bits per heavy atom. The summed E-state index contributed by atoms with van der Waals surface area (Å²) in [6.07, 6.45) is 1.74. The van der Waals surface area contributed by atoms with Gasteiger partial charge in [0.1, 0.15) is 5.82 Å². The van der Waals surface area contributed by atoms with Crippen LogP contribution in [0.1, 0.15) is 22.8 Å². The first-order chi connectivity index (χ1) is 11.5. The van der Waals surface area contributed by atoms with Gasteiger partial charge < -0.3 is 0 Å². The quantitative estimate of drug-likeness (QED) is 0.548. The lowest BCUT2D eigenvalue weighted by Gasteiger charge is -2.07. The molecule has 0 spiro atoms. The molecule has 1 N–H and O–H groups in total. The van der Waals surface area contributed by atoms with Crippen LogP contribution in [0.25, 0.3) is 5.82 Å². The van der Waals surface area contributed by atoms with Crippen molar-refractivity contribution in [2.45, 2.75) is 20.8 Å². The van der Waals surface area contributed by atoms with Gasteiger partial charge in [-0.25, -0.2) is 14.6 Å². The highest BCUT2D eigenvalue weighted by atomic mass is 79.9. The molecule has 0 atom stereocenters. The molecule has 0 radical (unpaired) electrons. The van der Waals surface area contributed by atoms with E-state index in [1.807, 2.05) is 57.2 Å². The average Bonchev–Trinajstić information content (AvgIpc) is 2.87. The predicted octanol–water partition coefficient (Wildman–Crippen LogP) is 3.80. The zero-order valence-corrected chi connectivity index (χ0v) is 15.2. The first-order valence-electron chi connectivity index (χ1n) is 7.45. The van der Waals surface area contributed by atoms with Crippen LogP contribution in [0, 0.1) is 20.8 Å². The summed E-state index contributed by atoms with van der Waals surface area (Å²) in [4.78, 5) is 8.80. The zero-order valence-electron chi connectivity index (χ0n) is 13.7. The van der Waals surface area contributed by atoms with Gasteiger partial charge in [0.15, 0.2) is 11.6 Å². The highest BCUT2D eigenvalue weighted by Gasteiger charge is 2.08. The predicted molar refractivity (Wildman–Crippen MR) is 98.7 cm³/mol. The standard InChI is InChI=1S/C17H17BrN6/c1-11-8-12(2)24(23-11)17-9-16(20-13(3)21-17)22-19-10-14-4-6-15(18)7-5-14/h4-10H,1-3H3,(H,20,21,22)/b19-10+. The second-order valence-electron chi connectivity index (χ2n) is 5.42. The van der Waals surface area contributed by atoms with Gasteiger partial charge in [-0.2, -0.15) is 10.2 Å². The van der Waals surface area contributed by atoms with E-state index >= 15 is 0 Å². The minimum Gasteiger partial charge on any atom is -0.261 e. The molecule has 2 heterocycles. The minimum atomic E-state index is 0.624. The molecular weight excluding hydrogens is 368 g/mol. The van der Waals surface area contributed by atoms with Gasteiger partial charge in [0.25, 0.3) is 0 Å². The second kappa shape index (κ2) is 6.92. The van der Waals surface area contributed by atoms with E-state index in [9.17, 15) is 0 Å². The van der Waals surface area contributed by atoms with Crippen molar-refractivity contribution < 1.29 is 0 Å². The monoisotopic (exact) mass is 384 g/mol. The molecule has 1 aromatic carbocycles. The lowest BCUT2D eigenvalue weighted by Crippen LogP contribution is -2.06. The number of nitrogens with one attached hydrogen (secondary N) is 1. The smallest absolute Gasteiger partial charge is 0.159 e. The van der Waals surface area contributed by atoms with Crippen molar-refractivity contribution >= 4 is 28.0 Å². The Labute approximate surface area is 148 Å². The molecule has 0 saturated heterocycles. The number of rotatable bonds is 4. The Hall–Kier alpha value is -2.54. The molecule has 7 heteroatoms. The Balaban J connectivity index is 1.81. The Morgan fingerprint density at radius 3 is 2.50 bits per heavy atom. The van der Waals surface area contributed by atoms with Crippen molar-refractivity contribution in [3.05, 3.63) is 63.6 Å². The summed E-state index contributed by atoms with van der Waals surface area (Å²) in [7, 11) is 0. The molecule has 2 aromatic heterocycles. The van der Waals surface area contributed by atoms with E-state index in [-0.39, 0.29) is 0 Å². The van der Waals surface area contributed by atoms with Crippen LogP contribution < -0.4 is 5.43 Å². The summed E-state index contributed by atoms with van der Waals surface area (Å²) in [6.45, 7) is 5.80. The molecule has 122 valence electrons. The summed E-state index contributed by atoms with van der Waals surface area (Å²) < 4.78 is 2.83. The topological polar surface area (TPSA) is 68.0 Å². The van der Waals surface area contributed by atoms with E-state index in [1.54, 1.807) is 10.9 Å². The largest absolute Gasteiger partial charge is 0.261 e. The molecule has 0 aliphatic rings. The number of anilines is 1. The summed E-state index contributed by atoms with van der Waals surface area (Å²) in [5, 5.41) is 8.69. The normalized spacial score (nSPS) is 11.2. The van der Waals surface area contributed by atoms with Crippen LogP contribution >= 0.6 is 15.9 Å². The number of aryl methyl sites for hydroxylation is 3. The van der Waals surface area contributed by atoms with Gasteiger partial charge in [0, 0.05) is 16.2 Å². The number of hydrazone groups is 1. The van der Waals surface area contributed by atoms with E-state index < -0.39 is 0 Å². The van der Waals surface area contributed by atoms with Crippen LogP contribution in [-0.2, 0) is 0 Å². The van der Waals surface area contributed by atoms with Crippen molar-refractivity contribution in [2.75, 3.05) is 5.43 Å². The van der Waals surface area contributed by atoms with Gasteiger partial charge in [0.2, 0.25) is 0 Å². The number of aromatic nitrogens is 4. The minimum absolute atomic E-state index is 0.624. The number of hydrogen-bond donors (Lipinski definition) is 1. The van der Waals surface area contributed by atoms with Crippen LogP contribution in [-0.4, -0.2) is 26.0 Å². The van der Waals surface area contributed by atoms with E-state index in [0.717, 1.165) is 27.2 Å². The van der Waals surface area contributed by atoms with Crippen LogP contribution in [0.5, 0.6) is 0 Å². The summed E-state index contributed by atoms with van der Waals surface area (Å²) >= 11 is 3.41. The van der Waals surface area contributed by atoms with E-state index in [4.69, 9.17) is 0 Å². The Kier molecular flexibility index (Phi) is 4.71. The molecule has 24 heavy (non-hydrogen) atoms. The van der Waals surface area contributed by atoms with Gasteiger partial charge in [-0.3, -0.25) is 5.43 Å². The number of benzene rings is 1. The van der Waals surface area contributed by atoms with Crippen molar-refractivity contribution in [1.82, 2.24) is 19.7 Å². The molecule has 0 saturated carbocycles. The molecule has 0 aliphatic heterocycles. The van der Waals surface area contributed by atoms with Crippen molar-refractivity contribution in [1.29, 1.82) is 0 Å². The molecule has 0 aliphatic carbocycles. The summed E-state index contributed by atoms with van der Waals surface area (Å²) in [5.74, 6) is 1.99. The summed E-state index contributed by atoms with van der Waals surface area (Å²) in [6, 6.07) is 11.7. The lowest BCUT2D eigenvalue weighted by molar-refractivity contribution is 0.793. The molecule has 0 amide bonds. The Bertz CT molecular complexity index is 883. The van der Waals surface area contributed by atoms with Crippen molar-refractivity contribution in [3.63, 3.8) is 0 Å². The number of nitrogens with zero attached hydrogens (tertiary/aromatic N) is 5. The SMILES string of the molecule is Cc1cc(C)n(-c2cc(N/N=C/c3ccc(Br)cc3)nc(C)n2)n1. The van der Waals surface area contributed by atoms with Crippen LogP contribution in [0.2, 0.25) is 0 Å². The first kappa shape index (κ1) is 16.3. The first-order valence-corrected chi connectivity index (χ1v) is 8.24. The van der Waals surface area contributed by atoms with Gasteiger partial charge in [-0.05, 0) is 44.5 Å². The molecule has 6 nitrogen and oxygen atoms in total. The molecule has 0 fully saturated rings. The van der Waals surface area contributed by atoms with E-state index in [2.05, 4.69) is 41.5 Å². The third-order valence-corrected chi connectivity index (χ3v) is 3.84. The second-order valence-corrected chi connectivity index (χ2v) is 6.33. The number of hydrogen-bond acceptors (Lipinski definition) is 5.